The van der Waals surface area contributed by atoms with Gasteiger partial charge in [0.2, 0.25) is 0 Å². The molecule has 2 aromatic rings. The molecule has 0 bridgehead atoms. The number of hydrogen-bond acceptors (Lipinski definition) is 6. The van der Waals surface area contributed by atoms with Crippen LogP contribution in [0.1, 0.15) is 29.8 Å². The molecule has 0 heterocycles. The van der Waals surface area contributed by atoms with Crippen molar-refractivity contribution in [1.29, 1.82) is 0 Å². The number of rotatable bonds is 9. The lowest BCUT2D eigenvalue weighted by molar-refractivity contribution is -0.156. The maximum absolute atomic E-state index is 12.1. The second kappa shape index (κ2) is 10.1. The first kappa shape index (κ1) is 21.0. The fourth-order valence-electron chi connectivity index (χ4n) is 2.31. The van der Waals surface area contributed by atoms with Crippen LogP contribution in [-0.4, -0.2) is 37.5 Å². The van der Waals surface area contributed by atoms with Crippen molar-refractivity contribution in [2.45, 2.75) is 26.5 Å². The van der Waals surface area contributed by atoms with Crippen LogP contribution < -0.4 is 14.8 Å². The Morgan fingerprint density at radius 2 is 1.75 bits per heavy atom. The molecule has 7 heteroatoms. The number of amides is 1. The molecular formula is C21H23NO6. The standard InChI is InChI=1S/C21H23NO6/c1-14(23)17-5-4-6-19(11-17)27-13-20(24)28-15(2)21(25)22-12-16-7-9-18(26-3)10-8-16/h4-11,15H,12-13H2,1-3H3,(H,22,25)/t15-/m0/s1. The Labute approximate surface area is 163 Å². The first-order valence-corrected chi connectivity index (χ1v) is 8.73. The van der Waals surface area contributed by atoms with E-state index in [0.29, 0.717) is 17.9 Å². The monoisotopic (exact) mass is 385 g/mol. The van der Waals surface area contributed by atoms with Crippen LogP contribution in [0.5, 0.6) is 11.5 Å². The van der Waals surface area contributed by atoms with E-state index in [0.717, 1.165) is 11.3 Å². The van der Waals surface area contributed by atoms with Gasteiger partial charge in [-0.15, -0.1) is 0 Å². The summed E-state index contributed by atoms with van der Waals surface area (Å²) in [6.07, 6.45) is -0.960. The minimum atomic E-state index is -0.960. The molecule has 1 amide bonds. The van der Waals surface area contributed by atoms with Crippen LogP contribution in [0.2, 0.25) is 0 Å². The van der Waals surface area contributed by atoms with Crippen LogP contribution in [0, 0.1) is 0 Å². The molecule has 0 aliphatic carbocycles. The van der Waals surface area contributed by atoms with E-state index >= 15 is 0 Å². The maximum Gasteiger partial charge on any atom is 0.344 e. The summed E-state index contributed by atoms with van der Waals surface area (Å²) in [5.41, 5.74) is 1.37. The molecule has 0 radical (unpaired) electrons. The van der Waals surface area contributed by atoms with Crippen LogP contribution in [-0.2, 0) is 20.9 Å². The highest BCUT2D eigenvalue weighted by molar-refractivity contribution is 5.94. The molecule has 0 spiro atoms. The van der Waals surface area contributed by atoms with E-state index in [1.807, 2.05) is 12.1 Å². The van der Waals surface area contributed by atoms with Crippen molar-refractivity contribution >= 4 is 17.7 Å². The minimum absolute atomic E-state index is 0.102. The lowest BCUT2D eigenvalue weighted by atomic mass is 10.1. The predicted molar refractivity (Wildman–Crippen MR) is 102 cm³/mol. The number of ketones is 1. The van der Waals surface area contributed by atoms with Gasteiger partial charge in [0.05, 0.1) is 7.11 Å². The Hall–Kier alpha value is -3.35. The SMILES string of the molecule is COc1ccc(CNC(=O)[C@H](C)OC(=O)COc2cccc(C(C)=O)c2)cc1. The smallest absolute Gasteiger partial charge is 0.344 e. The molecule has 0 aliphatic heterocycles. The topological polar surface area (TPSA) is 90.9 Å². The van der Waals surface area contributed by atoms with Gasteiger partial charge < -0.3 is 19.5 Å². The number of Topliss-reactive ketones (excluding diaryl/α,β-unsaturated/α-hetero) is 1. The van der Waals surface area contributed by atoms with Gasteiger partial charge in [-0.05, 0) is 43.7 Å². The van der Waals surface area contributed by atoms with Crippen LogP contribution in [0.15, 0.2) is 48.5 Å². The molecule has 2 aromatic carbocycles. The zero-order chi connectivity index (χ0) is 20.5. The summed E-state index contributed by atoms with van der Waals surface area (Å²) in [6, 6.07) is 13.7. The summed E-state index contributed by atoms with van der Waals surface area (Å²) < 4.78 is 15.5. The minimum Gasteiger partial charge on any atom is -0.497 e. The van der Waals surface area contributed by atoms with Crippen molar-refractivity contribution in [3.05, 3.63) is 59.7 Å². The number of esters is 1. The number of ether oxygens (including phenoxy) is 3. The third-order valence-electron chi connectivity index (χ3n) is 3.90. The Bertz CT molecular complexity index is 831. The second-order valence-corrected chi connectivity index (χ2v) is 6.07. The maximum atomic E-state index is 12.1. The molecule has 0 fully saturated rings. The second-order valence-electron chi connectivity index (χ2n) is 6.07. The number of carbonyl (C=O) groups is 3. The van der Waals surface area contributed by atoms with Crippen LogP contribution >= 0.6 is 0 Å². The number of carbonyl (C=O) groups excluding carboxylic acids is 3. The van der Waals surface area contributed by atoms with Crippen molar-refractivity contribution in [1.82, 2.24) is 5.32 Å². The van der Waals surface area contributed by atoms with Crippen molar-refractivity contribution in [3.8, 4) is 11.5 Å². The Morgan fingerprint density at radius 3 is 2.39 bits per heavy atom. The average molecular weight is 385 g/mol. The first-order valence-electron chi connectivity index (χ1n) is 8.73. The number of nitrogens with one attached hydrogen (secondary N) is 1. The lowest BCUT2D eigenvalue weighted by Crippen LogP contribution is -2.36. The summed E-state index contributed by atoms with van der Waals surface area (Å²) in [5, 5.41) is 2.70. The third-order valence-corrected chi connectivity index (χ3v) is 3.90. The number of benzene rings is 2. The third kappa shape index (κ3) is 6.42. The van der Waals surface area contributed by atoms with Crippen molar-refractivity contribution in [2.75, 3.05) is 13.7 Å². The lowest BCUT2D eigenvalue weighted by Gasteiger charge is -2.14. The summed E-state index contributed by atoms with van der Waals surface area (Å²) >= 11 is 0. The molecule has 0 aliphatic rings. The van der Waals surface area contributed by atoms with E-state index in [1.165, 1.54) is 13.8 Å². The molecule has 2 rings (SSSR count). The molecule has 0 saturated carbocycles. The Morgan fingerprint density at radius 1 is 1.04 bits per heavy atom. The average Bonchev–Trinajstić information content (AvgIpc) is 2.71. The normalized spacial score (nSPS) is 11.2. The van der Waals surface area contributed by atoms with Crippen LogP contribution in [0.3, 0.4) is 0 Å². The van der Waals surface area contributed by atoms with Crippen LogP contribution in [0.25, 0.3) is 0 Å². The summed E-state index contributed by atoms with van der Waals surface area (Å²) in [4.78, 5) is 35.3. The molecule has 1 N–H and O–H groups in total. The fraction of sp³-hybridized carbons (Fsp3) is 0.286. The zero-order valence-corrected chi connectivity index (χ0v) is 16.1. The summed E-state index contributed by atoms with van der Waals surface area (Å²) in [6.45, 7) is 2.87. The van der Waals surface area contributed by atoms with Gasteiger partial charge in [0.15, 0.2) is 18.5 Å². The molecule has 0 aromatic heterocycles. The molecule has 28 heavy (non-hydrogen) atoms. The van der Waals surface area contributed by atoms with Gasteiger partial charge in [-0.25, -0.2) is 4.79 Å². The summed E-state index contributed by atoms with van der Waals surface area (Å²) in [7, 11) is 1.58. The van der Waals surface area contributed by atoms with E-state index in [4.69, 9.17) is 14.2 Å². The van der Waals surface area contributed by atoms with Crippen molar-refractivity contribution in [3.63, 3.8) is 0 Å². The predicted octanol–water partition coefficient (Wildman–Crippen LogP) is 2.52. The zero-order valence-electron chi connectivity index (χ0n) is 16.1. The quantitative estimate of drug-likeness (QED) is 0.527. The molecule has 0 saturated heterocycles. The largest absolute Gasteiger partial charge is 0.497 e. The highest BCUT2D eigenvalue weighted by Crippen LogP contribution is 2.14. The van der Waals surface area contributed by atoms with Gasteiger partial charge in [0, 0.05) is 12.1 Å². The molecular weight excluding hydrogens is 362 g/mol. The van der Waals surface area contributed by atoms with Gasteiger partial charge in [-0.1, -0.05) is 24.3 Å². The van der Waals surface area contributed by atoms with E-state index in [1.54, 1.807) is 43.5 Å². The van der Waals surface area contributed by atoms with Gasteiger partial charge in [-0.2, -0.15) is 0 Å². The highest BCUT2D eigenvalue weighted by atomic mass is 16.6. The van der Waals surface area contributed by atoms with Crippen molar-refractivity contribution in [2.24, 2.45) is 0 Å². The molecule has 0 unspecified atom stereocenters. The molecule has 148 valence electrons. The van der Waals surface area contributed by atoms with Crippen molar-refractivity contribution < 1.29 is 28.6 Å². The van der Waals surface area contributed by atoms with E-state index < -0.39 is 18.0 Å². The number of methoxy groups -OCH3 is 1. The summed E-state index contributed by atoms with van der Waals surface area (Å²) in [5.74, 6) is -0.0919. The Balaban J connectivity index is 1.76. The number of hydrogen-bond donors (Lipinski definition) is 1. The highest BCUT2D eigenvalue weighted by Gasteiger charge is 2.18. The van der Waals surface area contributed by atoms with Gasteiger partial charge in [0.1, 0.15) is 11.5 Å². The first-order chi connectivity index (χ1) is 13.4. The van der Waals surface area contributed by atoms with Gasteiger partial charge >= 0.3 is 5.97 Å². The van der Waals surface area contributed by atoms with Gasteiger partial charge in [0.25, 0.3) is 5.91 Å². The van der Waals surface area contributed by atoms with E-state index in [-0.39, 0.29) is 12.4 Å². The fourth-order valence-corrected chi connectivity index (χ4v) is 2.31. The van der Waals surface area contributed by atoms with E-state index in [9.17, 15) is 14.4 Å². The van der Waals surface area contributed by atoms with E-state index in [2.05, 4.69) is 5.32 Å². The molecule has 1 atom stereocenters. The molecule has 7 nitrogen and oxygen atoms in total. The van der Waals surface area contributed by atoms with Gasteiger partial charge in [-0.3, -0.25) is 9.59 Å². The van der Waals surface area contributed by atoms with Crippen LogP contribution in [0.4, 0.5) is 0 Å². The Kier molecular flexibility index (Phi) is 7.56.